The second-order valence-electron chi connectivity index (χ2n) is 10.4. The van der Waals surface area contributed by atoms with Crippen molar-refractivity contribution in [3.05, 3.63) is 133 Å². The lowest BCUT2D eigenvalue weighted by atomic mass is 10.1. The highest BCUT2D eigenvalue weighted by molar-refractivity contribution is 7.26. The smallest absolute Gasteiger partial charge is 0.227 e. The van der Waals surface area contributed by atoms with Crippen molar-refractivity contribution in [3.8, 4) is 11.5 Å². The fourth-order valence-electron chi connectivity index (χ4n) is 5.91. The van der Waals surface area contributed by atoms with Gasteiger partial charge in [-0.15, -0.1) is 22.7 Å². The van der Waals surface area contributed by atoms with Crippen LogP contribution in [0.1, 0.15) is 0 Å². The molecule has 0 saturated heterocycles. The molecule has 0 atom stereocenters. The Bertz CT molecular complexity index is 2420. The van der Waals surface area contributed by atoms with Crippen molar-refractivity contribution in [2.24, 2.45) is 0 Å². The molecule has 0 aliphatic heterocycles. The van der Waals surface area contributed by atoms with Gasteiger partial charge in [0.15, 0.2) is 5.58 Å². The first-order valence-corrected chi connectivity index (χ1v) is 15.5. The molecule has 0 unspecified atom stereocenters. The summed E-state index contributed by atoms with van der Waals surface area (Å²) in [6.45, 7) is 0. The van der Waals surface area contributed by atoms with E-state index < -0.39 is 0 Å². The molecule has 6 aromatic carbocycles. The Morgan fingerprint density at radius 1 is 0.476 bits per heavy atom. The number of benzene rings is 6. The minimum absolute atomic E-state index is 0.653. The summed E-state index contributed by atoms with van der Waals surface area (Å²) in [4.78, 5) is 7.20. The predicted molar refractivity (Wildman–Crippen MR) is 180 cm³/mol. The van der Waals surface area contributed by atoms with Gasteiger partial charge in [-0.2, -0.15) is 0 Å². The monoisotopic (exact) mass is 574 g/mol. The van der Waals surface area contributed by atoms with Crippen LogP contribution in [-0.2, 0) is 0 Å². The van der Waals surface area contributed by atoms with E-state index in [2.05, 4.69) is 108 Å². The lowest BCUT2D eigenvalue weighted by molar-refractivity contribution is 0.620. The first-order chi connectivity index (χ1) is 20.8. The highest BCUT2D eigenvalue weighted by atomic mass is 32.1. The Morgan fingerprint density at radius 2 is 1.12 bits per heavy atom. The molecule has 0 saturated carbocycles. The number of rotatable bonds is 4. The first-order valence-electron chi connectivity index (χ1n) is 13.9. The zero-order valence-corrected chi connectivity index (χ0v) is 24.0. The van der Waals surface area contributed by atoms with Crippen LogP contribution in [0.3, 0.4) is 0 Å². The SMILES string of the molecule is c1ccc(-c2nc3cc4c(cc3o2)sc2ccc(N(c3ccccc3)c3ccc5c(c3)sc3ccccc35)cc24)cc1. The fourth-order valence-corrected chi connectivity index (χ4v) is 8.14. The van der Waals surface area contributed by atoms with Crippen molar-refractivity contribution in [2.75, 3.05) is 4.90 Å². The van der Waals surface area contributed by atoms with E-state index >= 15 is 0 Å². The lowest BCUT2D eigenvalue weighted by Crippen LogP contribution is -2.09. The Morgan fingerprint density at radius 3 is 1.98 bits per heavy atom. The largest absolute Gasteiger partial charge is 0.436 e. The number of aromatic nitrogens is 1. The number of fused-ring (bicyclic) bond motifs is 7. The number of anilines is 3. The molecule has 0 N–H and O–H groups in total. The molecular weight excluding hydrogens is 553 g/mol. The van der Waals surface area contributed by atoms with Gasteiger partial charge in [0.1, 0.15) is 5.52 Å². The van der Waals surface area contributed by atoms with Crippen LogP contribution in [-0.4, -0.2) is 4.98 Å². The summed E-state index contributed by atoms with van der Waals surface area (Å²) in [5.74, 6) is 0.653. The molecule has 9 rings (SSSR count). The van der Waals surface area contributed by atoms with Crippen molar-refractivity contribution >= 4 is 91.2 Å². The summed E-state index contributed by atoms with van der Waals surface area (Å²) in [5, 5.41) is 5.04. The maximum absolute atomic E-state index is 6.18. The molecule has 0 aliphatic carbocycles. The highest BCUT2D eigenvalue weighted by Crippen LogP contribution is 2.44. The first kappa shape index (κ1) is 23.7. The van der Waals surface area contributed by atoms with Gasteiger partial charge in [0.05, 0.1) is 0 Å². The molecule has 0 fully saturated rings. The molecular formula is C37H22N2OS2. The molecule has 3 aromatic heterocycles. The van der Waals surface area contributed by atoms with Gasteiger partial charge in [-0.3, -0.25) is 0 Å². The van der Waals surface area contributed by atoms with E-state index in [1.165, 1.54) is 40.3 Å². The van der Waals surface area contributed by atoms with Crippen LogP contribution in [0, 0.1) is 0 Å². The van der Waals surface area contributed by atoms with Crippen LogP contribution in [0.4, 0.5) is 17.1 Å². The van der Waals surface area contributed by atoms with Crippen molar-refractivity contribution in [3.63, 3.8) is 0 Å². The standard InChI is InChI=1S/C37H22N2OS2/c1-3-9-23(10-4-1)37-38-31-21-30-29-19-25(16-18-34(29)42-36(30)22-32(31)40-37)39(24-11-5-2-6-12-24)26-15-17-28-27-13-7-8-14-33(27)41-35(28)20-26/h1-22H. The van der Waals surface area contributed by atoms with E-state index in [0.29, 0.717) is 5.89 Å². The third kappa shape index (κ3) is 3.75. The average molecular weight is 575 g/mol. The van der Waals surface area contributed by atoms with Gasteiger partial charge in [-0.25, -0.2) is 4.98 Å². The van der Waals surface area contributed by atoms with Crippen molar-refractivity contribution < 1.29 is 4.42 Å². The number of thiophene rings is 2. The van der Waals surface area contributed by atoms with Crippen molar-refractivity contribution in [1.82, 2.24) is 4.98 Å². The van der Waals surface area contributed by atoms with Crippen molar-refractivity contribution in [1.29, 1.82) is 0 Å². The average Bonchev–Trinajstić information content (AvgIpc) is 3.73. The maximum Gasteiger partial charge on any atom is 0.227 e. The topological polar surface area (TPSA) is 29.3 Å². The summed E-state index contributed by atoms with van der Waals surface area (Å²) < 4.78 is 11.2. The fraction of sp³-hybridized carbons (Fsp3) is 0. The molecule has 5 heteroatoms. The number of hydrogen-bond acceptors (Lipinski definition) is 5. The van der Waals surface area contributed by atoms with E-state index in [4.69, 9.17) is 9.40 Å². The van der Waals surface area contributed by atoms with Crippen LogP contribution in [0.25, 0.3) is 62.9 Å². The summed E-state index contributed by atoms with van der Waals surface area (Å²) in [6, 6.07) is 47.3. The Kier molecular flexibility index (Phi) is 5.24. The molecule has 0 radical (unpaired) electrons. The summed E-state index contributed by atoms with van der Waals surface area (Å²) in [5.41, 5.74) is 6.07. The second-order valence-corrected chi connectivity index (χ2v) is 12.6. The molecule has 3 nitrogen and oxygen atoms in total. The highest BCUT2D eigenvalue weighted by Gasteiger charge is 2.17. The number of oxazole rings is 1. The molecule has 9 aromatic rings. The lowest BCUT2D eigenvalue weighted by Gasteiger charge is -2.25. The zero-order chi connectivity index (χ0) is 27.6. The van der Waals surface area contributed by atoms with Crippen LogP contribution in [0.2, 0.25) is 0 Å². The van der Waals surface area contributed by atoms with Gasteiger partial charge in [-0.1, -0.05) is 60.7 Å². The maximum atomic E-state index is 6.18. The second kappa shape index (κ2) is 9.28. The van der Waals surface area contributed by atoms with Crippen LogP contribution in [0.5, 0.6) is 0 Å². The van der Waals surface area contributed by atoms with Crippen LogP contribution < -0.4 is 4.90 Å². The minimum Gasteiger partial charge on any atom is -0.436 e. The molecule has 0 spiro atoms. The van der Waals surface area contributed by atoms with Crippen LogP contribution in [0.15, 0.2) is 138 Å². The van der Waals surface area contributed by atoms with Gasteiger partial charge in [0.25, 0.3) is 0 Å². The Labute approximate surface area is 249 Å². The third-order valence-electron chi connectivity index (χ3n) is 7.88. The van der Waals surface area contributed by atoms with E-state index in [1.54, 1.807) is 11.3 Å². The molecule has 42 heavy (non-hydrogen) atoms. The van der Waals surface area contributed by atoms with Crippen molar-refractivity contribution in [2.45, 2.75) is 0 Å². The molecule has 198 valence electrons. The van der Waals surface area contributed by atoms with Gasteiger partial charge in [-0.05, 0) is 66.7 Å². The van der Waals surface area contributed by atoms with E-state index in [0.717, 1.165) is 33.7 Å². The molecule has 0 amide bonds. The molecule has 0 aliphatic rings. The van der Waals surface area contributed by atoms with Gasteiger partial charge >= 0.3 is 0 Å². The summed E-state index contributed by atoms with van der Waals surface area (Å²) in [7, 11) is 0. The van der Waals surface area contributed by atoms with E-state index in [9.17, 15) is 0 Å². The number of nitrogens with zero attached hydrogens (tertiary/aromatic N) is 2. The van der Waals surface area contributed by atoms with Gasteiger partial charge in [0.2, 0.25) is 5.89 Å². The van der Waals surface area contributed by atoms with Gasteiger partial charge < -0.3 is 9.32 Å². The quantitative estimate of drug-likeness (QED) is 0.209. The number of hydrogen-bond donors (Lipinski definition) is 0. The van der Waals surface area contributed by atoms with E-state index in [1.807, 2.05) is 41.7 Å². The third-order valence-corrected chi connectivity index (χ3v) is 10.1. The summed E-state index contributed by atoms with van der Waals surface area (Å²) >= 11 is 3.64. The van der Waals surface area contributed by atoms with Gasteiger partial charge in [0, 0.05) is 69.0 Å². The minimum atomic E-state index is 0.653. The number of para-hydroxylation sites is 1. The zero-order valence-electron chi connectivity index (χ0n) is 22.3. The Hall–Kier alpha value is -4.97. The van der Waals surface area contributed by atoms with Crippen LogP contribution >= 0.6 is 22.7 Å². The predicted octanol–water partition coefficient (Wildman–Crippen LogP) is 11.7. The normalized spacial score (nSPS) is 11.8. The Balaban J connectivity index is 1.22. The molecule has 3 heterocycles. The summed E-state index contributed by atoms with van der Waals surface area (Å²) in [6.07, 6.45) is 0. The van der Waals surface area contributed by atoms with E-state index in [-0.39, 0.29) is 0 Å². The molecule has 0 bridgehead atoms.